The van der Waals surface area contributed by atoms with Gasteiger partial charge in [0.1, 0.15) is 0 Å². The average Bonchev–Trinajstić information content (AvgIpc) is 2.65. The number of fused-ring (bicyclic) bond motifs is 1. The fourth-order valence-electron chi connectivity index (χ4n) is 3.90. The number of piperidine rings is 1. The zero-order chi connectivity index (χ0) is 18.7. The van der Waals surface area contributed by atoms with Gasteiger partial charge < -0.3 is 5.11 Å². The minimum Gasteiger partial charge on any atom is -0.480 e. The lowest BCUT2D eigenvalue weighted by atomic mass is 9.98. The molecule has 26 heavy (non-hydrogen) atoms. The first-order chi connectivity index (χ1) is 12.4. The summed E-state index contributed by atoms with van der Waals surface area (Å²) in [5.41, 5.74) is 2.18. The standard InChI is InChI=1S/C19H26N2O4S/c1-2-20(14-19(22)23)17-9-11-21(12-10-17)26(24,25)18-8-7-15-5-3-4-6-16(15)13-18/h3-6,13,17H,2,7-12,14H2,1H3,(H,22,23). The molecule has 1 heterocycles. The summed E-state index contributed by atoms with van der Waals surface area (Å²) in [6, 6.07) is 8.04. The third-order valence-corrected chi connectivity index (χ3v) is 7.40. The minimum absolute atomic E-state index is 0.00978. The molecule has 1 saturated heterocycles. The maximum absolute atomic E-state index is 13.0. The summed E-state index contributed by atoms with van der Waals surface area (Å²) in [5, 5.41) is 9.02. The number of aryl methyl sites for hydroxylation is 1. The smallest absolute Gasteiger partial charge is 0.317 e. The van der Waals surface area contributed by atoms with Crippen molar-refractivity contribution in [3.63, 3.8) is 0 Å². The highest BCUT2D eigenvalue weighted by atomic mass is 32.2. The van der Waals surface area contributed by atoms with Crippen molar-refractivity contribution in [2.24, 2.45) is 0 Å². The molecule has 0 radical (unpaired) electrons. The van der Waals surface area contributed by atoms with Crippen LogP contribution in [0.2, 0.25) is 0 Å². The molecule has 3 rings (SSSR count). The highest BCUT2D eigenvalue weighted by Gasteiger charge is 2.33. The first-order valence-corrected chi connectivity index (χ1v) is 10.6. The number of hydrogen-bond acceptors (Lipinski definition) is 4. The molecule has 0 unspecified atom stereocenters. The van der Waals surface area contributed by atoms with E-state index in [9.17, 15) is 13.2 Å². The van der Waals surface area contributed by atoms with Crippen LogP contribution in [-0.4, -0.2) is 60.9 Å². The van der Waals surface area contributed by atoms with Crippen molar-refractivity contribution in [3.05, 3.63) is 40.3 Å². The van der Waals surface area contributed by atoms with Crippen molar-refractivity contribution < 1.29 is 18.3 Å². The molecule has 0 spiro atoms. The van der Waals surface area contributed by atoms with E-state index in [2.05, 4.69) is 0 Å². The van der Waals surface area contributed by atoms with Crippen LogP contribution < -0.4 is 0 Å². The number of carbonyl (C=O) groups is 1. The fraction of sp³-hybridized carbons (Fsp3) is 0.526. The summed E-state index contributed by atoms with van der Waals surface area (Å²) in [6.07, 6.45) is 4.44. The molecule has 1 aliphatic heterocycles. The van der Waals surface area contributed by atoms with Gasteiger partial charge in [-0.15, -0.1) is 0 Å². The summed E-state index contributed by atoms with van der Waals surface area (Å²) in [4.78, 5) is 13.4. The predicted octanol–water partition coefficient (Wildman–Crippen LogP) is 2.17. The third-order valence-electron chi connectivity index (χ3n) is 5.37. The Morgan fingerprint density at radius 2 is 1.92 bits per heavy atom. The second-order valence-corrected chi connectivity index (χ2v) is 8.89. The van der Waals surface area contributed by atoms with Gasteiger partial charge >= 0.3 is 5.97 Å². The van der Waals surface area contributed by atoms with Crippen LogP contribution in [0, 0.1) is 0 Å². The van der Waals surface area contributed by atoms with E-state index < -0.39 is 16.0 Å². The predicted molar refractivity (Wildman–Crippen MR) is 101 cm³/mol. The molecule has 6 nitrogen and oxygen atoms in total. The van der Waals surface area contributed by atoms with Crippen molar-refractivity contribution in [2.75, 3.05) is 26.2 Å². The molecule has 1 aromatic carbocycles. The van der Waals surface area contributed by atoms with Crippen molar-refractivity contribution in [1.82, 2.24) is 9.21 Å². The van der Waals surface area contributed by atoms with Crippen LogP contribution in [0.25, 0.3) is 6.08 Å². The van der Waals surface area contributed by atoms with Crippen LogP contribution in [0.4, 0.5) is 0 Å². The molecule has 0 amide bonds. The molecule has 7 heteroatoms. The number of benzene rings is 1. The normalized spacial score (nSPS) is 19.2. The van der Waals surface area contributed by atoms with Gasteiger partial charge in [-0.2, -0.15) is 4.31 Å². The minimum atomic E-state index is -3.45. The Morgan fingerprint density at radius 3 is 2.58 bits per heavy atom. The molecular weight excluding hydrogens is 352 g/mol. The first-order valence-electron chi connectivity index (χ1n) is 9.16. The van der Waals surface area contributed by atoms with Gasteiger partial charge in [0.25, 0.3) is 0 Å². The van der Waals surface area contributed by atoms with E-state index in [-0.39, 0.29) is 12.6 Å². The number of nitrogens with zero attached hydrogens (tertiary/aromatic N) is 2. The van der Waals surface area contributed by atoms with Gasteiger partial charge in [-0.25, -0.2) is 8.42 Å². The fourth-order valence-corrected chi connectivity index (χ4v) is 5.56. The van der Waals surface area contributed by atoms with Crippen LogP contribution in [0.5, 0.6) is 0 Å². The lowest BCUT2D eigenvalue weighted by Crippen LogP contribution is -2.48. The van der Waals surface area contributed by atoms with Crippen molar-refractivity contribution in [1.29, 1.82) is 0 Å². The van der Waals surface area contributed by atoms with E-state index in [1.807, 2.05) is 42.2 Å². The summed E-state index contributed by atoms with van der Waals surface area (Å²) in [7, 11) is -3.45. The SMILES string of the molecule is CCN(CC(=O)O)C1CCN(S(=O)(=O)C2=Cc3ccccc3CC2)CC1. The largest absolute Gasteiger partial charge is 0.480 e. The topological polar surface area (TPSA) is 77.9 Å². The summed E-state index contributed by atoms with van der Waals surface area (Å²) in [6.45, 7) is 3.50. The van der Waals surface area contributed by atoms with E-state index in [0.717, 1.165) is 12.0 Å². The van der Waals surface area contributed by atoms with Crippen molar-refractivity contribution in [3.8, 4) is 0 Å². The van der Waals surface area contributed by atoms with E-state index >= 15 is 0 Å². The number of rotatable bonds is 6. The Kier molecular flexibility index (Phi) is 5.79. The number of carboxylic acid groups (broad SMARTS) is 1. The number of likely N-dealkylation sites (N-methyl/N-ethyl adjacent to an activating group) is 1. The van der Waals surface area contributed by atoms with E-state index in [1.165, 1.54) is 5.56 Å². The number of allylic oxidation sites excluding steroid dienone is 1. The van der Waals surface area contributed by atoms with Crippen LogP contribution in [0.15, 0.2) is 29.2 Å². The van der Waals surface area contributed by atoms with Gasteiger partial charge in [-0.1, -0.05) is 31.2 Å². The van der Waals surface area contributed by atoms with Gasteiger partial charge in [0.05, 0.1) is 11.4 Å². The van der Waals surface area contributed by atoms with Crippen LogP contribution in [0.1, 0.15) is 37.3 Å². The monoisotopic (exact) mass is 378 g/mol. The van der Waals surface area contributed by atoms with Crippen LogP contribution in [0.3, 0.4) is 0 Å². The van der Waals surface area contributed by atoms with Gasteiger partial charge in [-0.05, 0) is 49.4 Å². The quantitative estimate of drug-likeness (QED) is 0.821. The second kappa shape index (κ2) is 7.90. The maximum Gasteiger partial charge on any atom is 0.317 e. The van der Waals surface area contributed by atoms with Crippen LogP contribution in [-0.2, 0) is 21.2 Å². The molecule has 1 fully saturated rings. The Hall–Kier alpha value is -1.70. The van der Waals surface area contributed by atoms with Gasteiger partial charge in [0.15, 0.2) is 0 Å². The summed E-state index contributed by atoms with van der Waals surface area (Å²) >= 11 is 0. The van der Waals surface area contributed by atoms with Gasteiger partial charge in [0, 0.05) is 19.1 Å². The molecule has 2 aliphatic rings. The number of carboxylic acids is 1. The third kappa shape index (κ3) is 4.00. The Labute approximate surface area is 155 Å². The molecular formula is C19H26N2O4S. The van der Waals surface area contributed by atoms with Crippen molar-refractivity contribution in [2.45, 2.75) is 38.6 Å². The zero-order valence-electron chi connectivity index (χ0n) is 15.1. The Morgan fingerprint density at radius 1 is 1.23 bits per heavy atom. The first kappa shape index (κ1) is 19.1. The molecule has 1 N–H and O–H groups in total. The lowest BCUT2D eigenvalue weighted by molar-refractivity contribution is -0.139. The molecule has 1 aromatic rings. The molecule has 0 atom stereocenters. The van der Waals surface area contributed by atoms with E-state index in [4.69, 9.17) is 5.11 Å². The Bertz CT molecular complexity index is 796. The molecule has 1 aliphatic carbocycles. The second-order valence-electron chi connectivity index (χ2n) is 6.90. The molecule has 142 valence electrons. The number of hydrogen-bond donors (Lipinski definition) is 1. The zero-order valence-corrected chi connectivity index (χ0v) is 15.9. The Balaban J connectivity index is 1.69. The van der Waals surface area contributed by atoms with Crippen LogP contribution >= 0.6 is 0 Å². The lowest BCUT2D eigenvalue weighted by Gasteiger charge is -2.37. The maximum atomic E-state index is 13.0. The molecule has 0 saturated carbocycles. The number of sulfonamides is 1. The highest BCUT2D eigenvalue weighted by Crippen LogP contribution is 2.30. The van der Waals surface area contributed by atoms with Gasteiger partial charge in [-0.3, -0.25) is 9.69 Å². The molecule has 0 bridgehead atoms. The molecule has 0 aromatic heterocycles. The average molecular weight is 378 g/mol. The van der Waals surface area contributed by atoms with E-state index in [1.54, 1.807) is 4.31 Å². The highest BCUT2D eigenvalue weighted by molar-refractivity contribution is 7.93. The van der Waals surface area contributed by atoms with E-state index in [0.29, 0.717) is 43.8 Å². The van der Waals surface area contributed by atoms with Crippen molar-refractivity contribution >= 4 is 22.1 Å². The summed E-state index contributed by atoms with van der Waals surface area (Å²) < 4.78 is 27.6. The van der Waals surface area contributed by atoms with Gasteiger partial charge in [0.2, 0.25) is 10.0 Å². The number of aliphatic carboxylic acids is 1. The summed E-state index contributed by atoms with van der Waals surface area (Å²) in [5.74, 6) is -0.840.